The van der Waals surface area contributed by atoms with Gasteiger partial charge in [-0.3, -0.25) is 0 Å². The Morgan fingerprint density at radius 2 is 2.00 bits per heavy atom. The zero-order valence-corrected chi connectivity index (χ0v) is 7.50. The molecule has 3 atom stereocenters. The summed E-state index contributed by atoms with van der Waals surface area (Å²) in [5, 5.41) is -0.0918. The highest BCUT2D eigenvalue weighted by molar-refractivity contribution is 6.53. The number of hydrogen-bond donors (Lipinski definition) is 0. The third-order valence-corrected chi connectivity index (χ3v) is 4.28. The highest BCUT2D eigenvalue weighted by atomic mass is 35.5. The molecule has 0 spiro atoms. The number of halogens is 3. The quantitative estimate of drug-likeness (QED) is 0.414. The van der Waals surface area contributed by atoms with Crippen molar-refractivity contribution in [2.75, 3.05) is 0 Å². The second-order valence-corrected chi connectivity index (χ2v) is 4.88. The summed E-state index contributed by atoms with van der Waals surface area (Å²) in [4.78, 5) is 0. The molecule has 0 amide bonds. The first-order valence-corrected chi connectivity index (χ1v) is 4.52. The van der Waals surface area contributed by atoms with Crippen molar-refractivity contribution in [3.05, 3.63) is 12.2 Å². The van der Waals surface area contributed by atoms with Crippen molar-refractivity contribution in [3.63, 3.8) is 0 Å². The first-order chi connectivity index (χ1) is 4.62. The summed E-state index contributed by atoms with van der Waals surface area (Å²) in [6, 6.07) is 0. The largest absolute Gasteiger partial charge is 0.141 e. The molecule has 1 unspecified atom stereocenters. The summed E-state index contributed by atoms with van der Waals surface area (Å²) in [5.41, 5.74) is 0. The molecule has 2 bridgehead atoms. The second-order valence-electron chi connectivity index (χ2n) is 2.97. The average molecular weight is 197 g/mol. The monoisotopic (exact) mass is 196 g/mol. The predicted molar refractivity (Wildman–Crippen MR) is 44.8 cm³/mol. The molecule has 1 saturated carbocycles. The molecule has 0 aromatic heterocycles. The molecule has 0 nitrogen and oxygen atoms in total. The van der Waals surface area contributed by atoms with Crippen LogP contribution in [-0.4, -0.2) is 9.71 Å². The van der Waals surface area contributed by atoms with E-state index in [0.717, 1.165) is 6.42 Å². The Labute approximate surface area is 75.1 Å². The van der Waals surface area contributed by atoms with Gasteiger partial charge in [0, 0.05) is 5.92 Å². The Morgan fingerprint density at radius 3 is 2.30 bits per heavy atom. The molecule has 2 rings (SSSR count). The van der Waals surface area contributed by atoms with Crippen molar-refractivity contribution in [3.8, 4) is 0 Å². The highest BCUT2D eigenvalue weighted by Crippen LogP contribution is 2.54. The summed E-state index contributed by atoms with van der Waals surface area (Å²) < 4.78 is -0.707. The maximum absolute atomic E-state index is 6.00. The topological polar surface area (TPSA) is 0 Å². The normalized spacial score (nSPS) is 48.5. The van der Waals surface area contributed by atoms with E-state index in [9.17, 15) is 0 Å². The minimum atomic E-state index is -0.707. The van der Waals surface area contributed by atoms with E-state index in [1.54, 1.807) is 0 Å². The van der Waals surface area contributed by atoms with Crippen molar-refractivity contribution in [2.45, 2.75) is 16.1 Å². The van der Waals surface area contributed by atoms with Crippen LogP contribution in [-0.2, 0) is 0 Å². The molecule has 3 heteroatoms. The number of rotatable bonds is 0. The van der Waals surface area contributed by atoms with Crippen molar-refractivity contribution >= 4 is 34.8 Å². The van der Waals surface area contributed by atoms with Gasteiger partial charge in [0.2, 0.25) is 0 Å². The zero-order chi connectivity index (χ0) is 7.35. The van der Waals surface area contributed by atoms with E-state index in [4.69, 9.17) is 34.8 Å². The summed E-state index contributed by atoms with van der Waals surface area (Å²) in [6.45, 7) is 0. The van der Waals surface area contributed by atoms with E-state index in [0.29, 0.717) is 5.92 Å². The molecule has 0 saturated heterocycles. The van der Waals surface area contributed by atoms with E-state index >= 15 is 0 Å². The van der Waals surface area contributed by atoms with Crippen LogP contribution in [0.3, 0.4) is 0 Å². The molecule has 0 aromatic rings. The van der Waals surface area contributed by atoms with E-state index in [-0.39, 0.29) is 11.3 Å². The van der Waals surface area contributed by atoms with Crippen LogP contribution >= 0.6 is 34.8 Å². The van der Waals surface area contributed by atoms with E-state index < -0.39 is 4.33 Å². The number of fused-ring (bicyclic) bond motifs is 2. The van der Waals surface area contributed by atoms with Crippen LogP contribution in [0.15, 0.2) is 12.2 Å². The minimum Gasteiger partial charge on any atom is -0.119 e. The Morgan fingerprint density at radius 1 is 1.30 bits per heavy atom. The molecule has 56 valence electrons. The molecule has 0 radical (unpaired) electrons. The van der Waals surface area contributed by atoms with Gasteiger partial charge in [0.1, 0.15) is 4.33 Å². The Hall–Kier alpha value is 0.610. The van der Waals surface area contributed by atoms with E-state index in [1.165, 1.54) is 0 Å². The van der Waals surface area contributed by atoms with Gasteiger partial charge in [-0.2, -0.15) is 0 Å². The number of allylic oxidation sites excluding steroid dienone is 2. The van der Waals surface area contributed by atoms with Crippen molar-refractivity contribution < 1.29 is 0 Å². The summed E-state index contributed by atoms with van der Waals surface area (Å²) in [5.74, 6) is 0.685. The molecule has 0 aromatic carbocycles. The lowest BCUT2D eigenvalue weighted by molar-refractivity contribution is 0.657. The number of alkyl halides is 3. The molecule has 0 heterocycles. The highest BCUT2D eigenvalue weighted by Gasteiger charge is 2.53. The average Bonchev–Trinajstić information content (AvgIpc) is 2.37. The van der Waals surface area contributed by atoms with Crippen molar-refractivity contribution in [1.29, 1.82) is 0 Å². The van der Waals surface area contributed by atoms with Crippen molar-refractivity contribution in [2.24, 2.45) is 11.8 Å². The zero-order valence-electron chi connectivity index (χ0n) is 5.23. The third kappa shape index (κ3) is 0.760. The van der Waals surface area contributed by atoms with Gasteiger partial charge < -0.3 is 0 Å². The SMILES string of the molecule is ClC1[C@@H]2C=C[C@H](C2)C1(Cl)Cl. The lowest BCUT2D eigenvalue weighted by Gasteiger charge is -2.25. The Kier molecular flexibility index (Phi) is 1.50. The molecular formula is C7H7Cl3. The molecule has 0 aliphatic heterocycles. The summed E-state index contributed by atoms with van der Waals surface area (Å²) in [7, 11) is 0. The molecule has 2 aliphatic rings. The maximum Gasteiger partial charge on any atom is 0.141 e. The smallest absolute Gasteiger partial charge is 0.119 e. The van der Waals surface area contributed by atoms with Gasteiger partial charge in [0.05, 0.1) is 5.38 Å². The molecule has 0 N–H and O–H groups in total. The van der Waals surface area contributed by atoms with Crippen LogP contribution in [0.25, 0.3) is 0 Å². The van der Waals surface area contributed by atoms with Crippen LogP contribution < -0.4 is 0 Å². The number of hydrogen-bond acceptors (Lipinski definition) is 0. The van der Waals surface area contributed by atoms with Gasteiger partial charge in [-0.25, -0.2) is 0 Å². The van der Waals surface area contributed by atoms with Gasteiger partial charge in [-0.05, 0) is 12.3 Å². The van der Waals surface area contributed by atoms with Gasteiger partial charge in [0.25, 0.3) is 0 Å². The predicted octanol–water partition coefficient (Wildman–Crippen LogP) is 2.97. The molecule has 10 heavy (non-hydrogen) atoms. The first-order valence-electron chi connectivity index (χ1n) is 3.32. The van der Waals surface area contributed by atoms with E-state index in [2.05, 4.69) is 12.2 Å². The van der Waals surface area contributed by atoms with Gasteiger partial charge >= 0.3 is 0 Å². The lowest BCUT2D eigenvalue weighted by atomic mass is 10.1. The van der Waals surface area contributed by atoms with Crippen LogP contribution in [0.4, 0.5) is 0 Å². The third-order valence-electron chi connectivity index (χ3n) is 2.35. The Balaban J connectivity index is 2.35. The van der Waals surface area contributed by atoms with Crippen LogP contribution in [0.1, 0.15) is 6.42 Å². The second kappa shape index (κ2) is 2.06. The molecule has 1 fully saturated rings. The summed E-state index contributed by atoms with van der Waals surface area (Å²) in [6.07, 6.45) is 5.22. The fourth-order valence-electron chi connectivity index (χ4n) is 1.72. The fourth-order valence-corrected chi connectivity index (χ4v) is 2.72. The van der Waals surface area contributed by atoms with Crippen LogP contribution in [0.2, 0.25) is 0 Å². The fraction of sp³-hybridized carbons (Fsp3) is 0.714. The van der Waals surface area contributed by atoms with E-state index in [1.807, 2.05) is 0 Å². The standard InChI is InChI=1S/C7H7Cl3/c8-6-4-1-2-5(3-4)7(6,9)10/h1-2,4-6H,3H2/t4-,5-,6?/m1/s1. The Bertz CT molecular complexity index is 185. The van der Waals surface area contributed by atoms with Crippen LogP contribution in [0.5, 0.6) is 0 Å². The van der Waals surface area contributed by atoms with Crippen molar-refractivity contribution in [1.82, 2.24) is 0 Å². The van der Waals surface area contributed by atoms with Gasteiger partial charge in [-0.1, -0.05) is 35.4 Å². The van der Waals surface area contributed by atoms with Crippen LogP contribution in [0, 0.1) is 11.8 Å². The maximum atomic E-state index is 6.00. The minimum absolute atomic E-state index is 0.0918. The lowest BCUT2D eigenvalue weighted by Crippen LogP contribution is -2.30. The van der Waals surface area contributed by atoms with Gasteiger partial charge in [-0.15, -0.1) is 11.6 Å². The summed E-state index contributed by atoms with van der Waals surface area (Å²) >= 11 is 18.0. The van der Waals surface area contributed by atoms with Gasteiger partial charge in [0.15, 0.2) is 0 Å². The molecular weight excluding hydrogens is 190 g/mol. The molecule has 2 aliphatic carbocycles. The first kappa shape index (κ1) is 7.27.